The number of aliphatic imine (C=N–C) groups is 1. The van der Waals surface area contributed by atoms with Crippen molar-refractivity contribution in [3.8, 4) is 0 Å². The van der Waals surface area contributed by atoms with E-state index in [1.807, 2.05) is 24.3 Å². The molecule has 3 rings (SSSR count). The number of carbonyl (C=O) groups excluding carboxylic acids is 2. The summed E-state index contributed by atoms with van der Waals surface area (Å²) in [5, 5.41) is 6.12. The largest absolute Gasteiger partial charge is 0.357 e. The van der Waals surface area contributed by atoms with Crippen LogP contribution in [0.25, 0.3) is 0 Å². The molecule has 2 heterocycles. The van der Waals surface area contributed by atoms with Gasteiger partial charge in [-0.15, -0.1) is 24.0 Å². The molecular weight excluding hydrogens is 481 g/mol. The maximum absolute atomic E-state index is 12.5. The van der Waals surface area contributed by atoms with Crippen molar-refractivity contribution in [2.75, 3.05) is 39.3 Å². The van der Waals surface area contributed by atoms with Crippen LogP contribution in [0, 0.1) is 5.41 Å². The molecule has 29 heavy (non-hydrogen) atoms. The molecule has 0 radical (unpaired) electrons. The number of carbonyl (C=O) groups is 2. The number of nitrogens with one attached hydrogen (secondary N) is 2. The van der Waals surface area contributed by atoms with E-state index in [9.17, 15) is 9.59 Å². The molecule has 2 amide bonds. The highest BCUT2D eigenvalue weighted by atomic mass is 127. The lowest BCUT2D eigenvalue weighted by Gasteiger charge is -2.26. The van der Waals surface area contributed by atoms with Crippen molar-refractivity contribution in [1.29, 1.82) is 0 Å². The Morgan fingerprint density at radius 1 is 1.21 bits per heavy atom. The van der Waals surface area contributed by atoms with Crippen molar-refractivity contribution in [3.63, 3.8) is 0 Å². The predicted molar refractivity (Wildman–Crippen MR) is 126 cm³/mol. The Balaban J connectivity index is 0.00000300. The molecule has 0 unspecified atom stereocenters. The summed E-state index contributed by atoms with van der Waals surface area (Å²) < 4.78 is 0. The molecule has 0 saturated carbocycles. The maximum Gasteiger partial charge on any atom is 0.254 e. The van der Waals surface area contributed by atoms with Gasteiger partial charge in [0, 0.05) is 38.3 Å². The lowest BCUT2D eigenvalue weighted by Crippen LogP contribution is -2.49. The number of halogens is 1. The van der Waals surface area contributed by atoms with Gasteiger partial charge in [-0.05, 0) is 36.5 Å². The van der Waals surface area contributed by atoms with Crippen LogP contribution in [0.2, 0.25) is 0 Å². The lowest BCUT2D eigenvalue weighted by atomic mass is 9.93. The molecule has 0 atom stereocenters. The Bertz CT molecular complexity index is 748. The molecule has 1 aromatic rings. The minimum atomic E-state index is -0.105. The van der Waals surface area contributed by atoms with Gasteiger partial charge in [0.25, 0.3) is 5.91 Å². The first-order valence-corrected chi connectivity index (χ1v) is 10.1. The van der Waals surface area contributed by atoms with Gasteiger partial charge in [-0.1, -0.05) is 26.0 Å². The SMILES string of the molecule is CCNC(=NCc1ccc(C(=O)N2CCNC(=O)C2)cc1)N1CCC(C)(C)C1.I. The fraction of sp³-hybridized carbons (Fsp3) is 0.571. The maximum atomic E-state index is 12.5. The van der Waals surface area contributed by atoms with E-state index in [2.05, 4.69) is 36.3 Å². The van der Waals surface area contributed by atoms with Crippen molar-refractivity contribution in [1.82, 2.24) is 20.4 Å². The van der Waals surface area contributed by atoms with Crippen LogP contribution in [0.1, 0.15) is 43.1 Å². The van der Waals surface area contributed by atoms with E-state index in [4.69, 9.17) is 4.99 Å². The number of likely N-dealkylation sites (tertiary alicyclic amines) is 1. The van der Waals surface area contributed by atoms with E-state index < -0.39 is 0 Å². The van der Waals surface area contributed by atoms with Gasteiger partial charge in [-0.25, -0.2) is 4.99 Å². The van der Waals surface area contributed by atoms with E-state index in [0.29, 0.717) is 30.6 Å². The van der Waals surface area contributed by atoms with Crippen LogP contribution < -0.4 is 10.6 Å². The summed E-state index contributed by atoms with van der Waals surface area (Å²) in [6, 6.07) is 7.54. The molecule has 2 fully saturated rings. The van der Waals surface area contributed by atoms with Gasteiger partial charge in [-0.3, -0.25) is 9.59 Å². The van der Waals surface area contributed by atoms with Crippen LogP contribution in [-0.2, 0) is 11.3 Å². The normalized spacial score (nSPS) is 18.9. The van der Waals surface area contributed by atoms with Crippen molar-refractivity contribution in [2.24, 2.45) is 10.4 Å². The number of hydrogen-bond acceptors (Lipinski definition) is 3. The first-order valence-electron chi connectivity index (χ1n) is 10.1. The first kappa shape index (κ1) is 23.4. The van der Waals surface area contributed by atoms with Crippen molar-refractivity contribution < 1.29 is 9.59 Å². The smallest absolute Gasteiger partial charge is 0.254 e. The van der Waals surface area contributed by atoms with Gasteiger partial charge in [0.2, 0.25) is 5.91 Å². The standard InChI is InChI=1S/C21H31N5O2.HI/c1-4-22-20(26-11-9-21(2,3)15-26)24-13-16-5-7-17(8-6-16)19(28)25-12-10-23-18(27)14-25;/h5-8H,4,9-15H2,1-3H3,(H,22,24)(H,23,27);1H. The van der Waals surface area contributed by atoms with E-state index in [0.717, 1.165) is 31.2 Å². The Morgan fingerprint density at radius 2 is 1.93 bits per heavy atom. The zero-order valence-electron chi connectivity index (χ0n) is 17.5. The van der Waals surface area contributed by atoms with Gasteiger partial charge in [0.15, 0.2) is 5.96 Å². The summed E-state index contributed by atoms with van der Waals surface area (Å²) in [6.07, 6.45) is 1.17. The zero-order valence-corrected chi connectivity index (χ0v) is 19.9. The van der Waals surface area contributed by atoms with Crippen LogP contribution in [0.15, 0.2) is 29.3 Å². The topological polar surface area (TPSA) is 77.0 Å². The van der Waals surface area contributed by atoms with Gasteiger partial charge in [0.05, 0.1) is 13.1 Å². The van der Waals surface area contributed by atoms with Gasteiger partial charge < -0.3 is 20.4 Å². The number of amides is 2. The molecule has 2 aliphatic rings. The Hall–Kier alpha value is -1.84. The monoisotopic (exact) mass is 513 g/mol. The third-order valence-corrected chi connectivity index (χ3v) is 5.25. The Labute approximate surface area is 190 Å². The number of guanidine groups is 1. The van der Waals surface area contributed by atoms with Crippen LogP contribution in [0.5, 0.6) is 0 Å². The summed E-state index contributed by atoms with van der Waals surface area (Å²) in [6.45, 7) is 11.3. The predicted octanol–water partition coefficient (Wildman–Crippen LogP) is 2.07. The molecular formula is C21H32IN5O2. The highest BCUT2D eigenvalue weighted by molar-refractivity contribution is 14.0. The van der Waals surface area contributed by atoms with Crippen LogP contribution in [0.3, 0.4) is 0 Å². The summed E-state index contributed by atoms with van der Waals surface area (Å²) in [5.41, 5.74) is 1.99. The van der Waals surface area contributed by atoms with E-state index in [-0.39, 0.29) is 42.3 Å². The fourth-order valence-electron chi connectivity index (χ4n) is 3.63. The molecule has 8 heteroatoms. The second-order valence-electron chi connectivity index (χ2n) is 8.28. The average molecular weight is 513 g/mol. The summed E-state index contributed by atoms with van der Waals surface area (Å²) >= 11 is 0. The van der Waals surface area contributed by atoms with Crippen molar-refractivity contribution in [2.45, 2.75) is 33.7 Å². The van der Waals surface area contributed by atoms with E-state index in [1.165, 1.54) is 6.42 Å². The first-order chi connectivity index (χ1) is 13.4. The molecule has 160 valence electrons. The quantitative estimate of drug-likeness (QED) is 0.367. The van der Waals surface area contributed by atoms with Gasteiger partial charge in [0.1, 0.15) is 0 Å². The molecule has 0 spiro atoms. The third-order valence-electron chi connectivity index (χ3n) is 5.25. The number of piperazine rings is 1. The Morgan fingerprint density at radius 3 is 2.52 bits per heavy atom. The third kappa shape index (κ3) is 6.32. The molecule has 0 aliphatic carbocycles. The van der Waals surface area contributed by atoms with Crippen LogP contribution >= 0.6 is 24.0 Å². The average Bonchev–Trinajstić information content (AvgIpc) is 3.04. The highest BCUT2D eigenvalue weighted by Crippen LogP contribution is 2.28. The molecule has 7 nitrogen and oxygen atoms in total. The van der Waals surface area contributed by atoms with Crippen LogP contribution in [0.4, 0.5) is 0 Å². The second kappa shape index (κ2) is 10.3. The fourth-order valence-corrected chi connectivity index (χ4v) is 3.63. The lowest BCUT2D eigenvalue weighted by molar-refractivity contribution is -0.123. The highest BCUT2D eigenvalue weighted by Gasteiger charge is 2.30. The van der Waals surface area contributed by atoms with E-state index in [1.54, 1.807) is 4.90 Å². The summed E-state index contributed by atoms with van der Waals surface area (Å²) in [5.74, 6) is 0.747. The number of rotatable bonds is 4. The minimum absolute atomic E-state index is 0. The summed E-state index contributed by atoms with van der Waals surface area (Å²) in [7, 11) is 0. The summed E-state index contributed by atoms with van der Waals surface area (Å²) in [4.78, 5) is 32.7. The molecule has 0 bridgehead atoms. The van der Waals surface area contributed by atoms with Gasteiger partial charge >= 0.3 is 0 Å². The molecule has 2 saturated heterocycles. The molecule has 2 aliphatic heterocycles. The Kier molecular flexibility index (Phi) is 8.30. The zero-order chi connectivity index (χ0) is 20.1. The van der Waals surface area contributed by atoms with Crippen LogP contribution in [-0.4, -0.2) is 66.8 Å². The number of nitrogens with zero attached hydrogens (tertiary/aromatic N) is 3. The molecule has 1 aromatic carbocycles. The van der Waals surface area contributed by atoms with E-state index >= 15 is 0 Å². The number of benzene rings is 1. The molecule has 2 N–H and O–H groups in total. The molecule has 0 aromatic heterocycles. The van der Waals surface area contributed by atoms with Crippen molar-refractivity contribution in [3.05, 3.63) is 35.4 Å². The van der Waals surface area contributed by atoms with Crippen molar-refractivity contribution >= 4 is 41.8 Å². The van der Waals surface area contributed by atoms with Gasteiger partial charge in [-0.2, -0.15) is 0 Å². The number of hydrogen-bond donors (Lipinski definition) is 2. The minimum Gasteiger partial charge on any atom is -0.357 e. The second-order valence-corrected chi connectivity index (χ2v) is 8.28.